The number of halogens is 1. The fourth-order valence-corrected chi connectivity index (χ4v) is 4.55. The molecule has 1 N–H and O–H groups in total. The van der Waals surface area contributed by atoms with E-state index in [1.54, 1.807) is 11.9 Å². The van der Waals surface area contributed by atoms with Crippen LogP contribution >= 0.6 is 23.5 Å². The standard InChI is InChI=1S/C19H16ClN3OS/c20-16-11-15-14-10-12(23-6-8-24-9-7-23)3-4-17(14)25-22-19(15)18-13(16)2-1-5-21-18/h1-5,10-11,22H,6-9H2. The van der Waals surface area contributed by atoms with Crippen LogP contribution in [0.3, 0.4) is 0 Å². The summed E-state index contributed by atoms with van der Waals surface area (Å²) in [6, 6.07) is 12.6. The molecule has 0 saturated carbocycles. The Balaban J connectivity index is 1.68. The lowest BCUT2D eigenvalue weighted by atomic mass is 10.00. The van der Waals surface area contributed by atoms with Crippen molar-refractivity contribution >= 4 is 45.8 Å². The Hall–Kier alpha value is -1.95. The lowest BCUT2D eigenvalue weighted by molar-refractivity contribution is 0.122. The lowest BCUT2D eigenvalue weighted by Crippen LogP contribution is -2.36. The minimum atomic E-state index is 0.735. The SMILES string of the molecule is Clc1cc2c(c3ncccc13)NSc1ccc(N3CCOCC3)cc1-2. The number of nitrogens with one attached hydrogen (secondary N) is 1. The van der Waals surface area contributed by atoms with Crippen molar-refractivity contribution in [1.29, 1.82) is 0 Å². The minimum absolute atomic E-state index is 0.735. The Labute approximate surface area is 155 Å². The molecule has 0 radical (unpaired) electrons. The fourth-order valence-electron chi connectivity index (χ4n) is 3.46. The molecule has 2 aliphatic heterocycles. The van der Waals surface area contributed by atoms with Crippen molar-refractivity contribution < 1.29 is 4.74 Å². The molecule has 1 saturated heterocycles. The molecule has 6 heteroatoms. The molecule has 3 heterocycles. The van der Waals surface area contributed by atoms with E-state index < -0.39 is 0 Å². The first kappa shape index (κ1) is 15.3. The Morgan fingerprint density at radius 3 is 2.88 bits per heavy atom. The number of rotatable bonds is 1. The molecule has 1 fully saturated rings. The van der Waals surface area contributed by atoms with Gasteiger partial charge in [-0.3, -0.25) is 4.98 Å². The number of morpholine rings is 1. The van der Waals surface area contributed by atoms with Crippen molar-refractivity contribution in [1.82, 2.24) is 4.98 Å². The van der Waals surface area contributed by atoms with Gasteiger partial charge in [0.05, 0.1) is 29.4 Å². The lowest BCUT2D eigenvalue weighted by Gasteiger charge is -2.30. The van der Waals surface area contributed by atoms with Crippen molar-refractivity contribution in [2.75, 3.05) is 35.9 Å². The molecule has 126 valence electrons. The molecule has 2 aromatic carbocycles. The number of benzene rings is 2. The molecular weight excluding hydrogens is 354 g/mol. The van der Waals surface area contributed by atoms with E-state index in [9.17, 15) is 0 Å². The van der Waals surface area contributed by atoms with E-state index in [0.29, 0.717) is 0 Å². The fraction of sp³-hybridized carbons (Fsp3) is 0.211. The molecule has 1 aromatic heterocycles. The van der Waals surface area contributed by atoms with Gasteiger partial charge in [0.25, 0.3) is 0 Å². The van der Waals surface area contributed by atoms with E-state index in [-0.39, 0.29) is 0 Å². The number of nitrogens with zero attached hydrogens (tertiary/aromatic N) is 2. The summed E-state index contributed by atoms with van der Waals surface area (Å²) in [5.41, 5.74) is 5.50. The number of anilines is 2. The van der Waals surface area contributed by atoms with E-state index in [1.165, 1.54) is 16.1 Å². The van der Waals surface area contributed by atoms with Crippen LogP contribution < -0.4 is 9.62 Å². The van der Waals surface area contributed by atoms with Gasteiger partial charge in [-0.2, -0.15) is 0 Å². The van der Waals surface area contributed by atoms with Crippen LogP contribution in [0.15, 0.2) is 47.5 Å². The first-order chi connectivity index (χ1) is 12.3. The highest BCUT2D eigenvalue weighted by Crippen LogP contribution is 2.47. The van der Waals surface area contributed by atoms with Gasteiger partial charge in [0.15, 0.2) is 0 Å². The summed E-state index contributed by atoms with van der Waals surface area (Å²) in [5, 5.41) is 1.71. The molecule has 3 aromatic rings. The van der Waals surface area contributed by atoms with Crippen molar-refractivity contribution in [3.8, 4) is 11.1 Å². The molecule has 0 unspecified atom stereocenters. The van der Waals surface area contributed by atoms with Crippen LogP contribution in [0.1, 0.15) is 0 Å². The number of fused-ring (bicyclic) bond motifs is 5. The van der Waals surface area contributed by atoms with Gasteiger partial charge < -0.3 is 14.4 Å². The van der Waals surface area contributed by atoms with E-state index in [2.05, 4.69) is 38.9 Å². The first-order valence-corrected chi connectivity index (χ1v) is 9.48. The van der Waals surface area contributed by atoms with Gasteiger partial charge in [0.1, 0.15) is 0 Å². The van der Waals surface area contributed by atoms with Gasteiger partial charge in [-0.1, -0.05) is 11.6 Å². The molecule has 0 bridgehead atoms. The quantitative estimate of drug-likeness (QED) is 0.622. The summed E-state index contributed by atoms with van der Waals surface area (Å²) >= 11 is 8.18. The second-order valence-electron chi connectivity index (χ2n) is 6.16. The Bertz CT molecular complexity index is 972. The van der Waals surface area contributed by atoms with Crippen LogP contribution in [0.25, 0.3) is 22.0 Å². The van der Waals surface area contributed by atoms with Gasteiger partial charge in [-0.25, -0.2) is 0 Å². The van der Waals surface area contributed by atoms with Gasteiger partial charge in [-0.15, -0.1) is 0 Å². The molecule has 5 rings (SSSR count). The van der Waals surface area contributed by atoms with Crippen LogP contribution in [-0.4, -0.2) is 31.3 Å². The van der Waals surface area contributed by atoms with Crippen LogP contribution in [-0.2, 0) is 4.74 Å². The van der Waals surface area contributed by atoms with Gasteiger partial charge >= 0.3 is 0 Å². The van der Waals surface area contributed by atoms with Gasteiger partial charge in [0, 0.05) is 46.4 Å². The smallest absolute Gasteiger partial charge is 0.0963 e. The van der Waals surface area contributed by atoms with E-state index in [1.807, 2.05) is 18.3 Å². The Morgan fingerprint density at radius 1 is 1.12 bits per heavy atom. The normalized spacial score (nSPS) is 16.3. The Morgan fingerprint density at radius 2 is 2.00 bits per heavy atom. The molecule has 0 aliphatic carbocycles. The maximum atomic E-state index is 6.55. The molecule has 25 heavy (non-hydrogen) atoms. The minimum Gasteiger partial charge on any atom is -0.378 e. The monoisotopic (exact) mass is 369 g/mol. The molecule has 2 aliphatic rings. The zero-order valence-electron chi connectivity index (χ0n) is 13.5. The predicted molar refractivity (Wildman–Crippen MR) is 105 cm³/mol. The van der Waals surface area contributed by atoms with Crippen molar-refractivity contribution in [3.05, 3.63) is 47.6 Å². The van der Waals surface area contributed by atoms with E-state index >= 15 is 0 Å². The molecule has 0 atom stereocenters. The molecule has 0 spiro atoms. The third-order valence-corrected chi connectivity index (χ3v) is 5.93. The number of aromatic nitrogens is 1. The largest absolute Gasteiger partial charge is 0.378 e. The zero-order chi connectivity index (χ0) is 16.8. The van der Waals surface area contributed by atoms with Crippen LogP contribution in [0, 0.1) is 0 Å². The highest BCUT2D eigenvalue weighted by molar-refractivity contribution is 8.00. The van der Waals surface area contributed by atoms with Crippen LogP contribution in [0.4, 0.5) is 11.4 Å². The summed E-state index contributed by atoms with van der Waals surface area (Å²) in [6.07, 6.45) is 1.81. The highest BCUT2D eigenvalue weighted by Gasteiger charge is 2.22. The Kier molecular flexibility index (Phi) is 3.73. The van der Waals surface area contributed by atoms with Gasteiger partial charge in [0.2, 0.25) is 0 Å². The maximum absolute atomic E-state index is 6.55. The average molecular weight is 370 g/mol. The van der Waals surface area contributed by atoms with Crippen LogP contribution in [0.5, 0.6) is 0 Å². The number of ether oxygens (including phenoxy) is 1. The number of hydrogen-bond donors (Lipinski definition) is 1. The molecular formula is C19H16ClN3OS. The summed E-state index contributed by atoms with van der Waals surface area (Å²) in [7, 11) is 0. The molecule has 4 nitrogen and oxygen atoms in total. The van der Waals surface area contributed by atoms with Gasteiger partial charge in [-0.05, 0) is 48.3 Å². The number of hydrogen-bond acceptors (Lipinski definition) is 5. The third kappa shape index (κ3) is 2.54. The summed E-state index contributed by atoms with van der Waals surface area (Å²) in [6.45, 7) is 3.42. The first-order valence-electron chi connectivity index (χ1n) is 8.28. The molecule has 0 amide bonds. The zero-order valence-corrected chi connectivity index (χ0v) is 15.0. The van der Waals surface area contributed by atoms with Crippen LogP contribution in [0.2, 0.25) is 5.02 Å². The second-order valence-corrected chi connectivity index (χ2v) is 7.42. The summed E-state index contributed by atoms with van der Waals surface area (Å²) < 4.78 is 8.92. The third-order valence-electron chi connectivity index (χ3n) is 4.73. The highest BCUT2D eigenvalue weighted by atomic mass is 35.5. The van der Waals surface area contributed by atoms with E-state index in [0.717, 1.165) is 53.5 Å². The predicted octanol–water partition coefficient (Wildman–Crippen LogP) is 4.82. The summed E-state index contributed by atoms with van der Waals surface area (Å²) in [5.74, 6) is 0. The number of pyridine rings is 1. The van der Waals surface area contributed by atoms with Crippen molar-refractivity contribution in [2.45, 2.75) is 4.90 Å². The van der Waals surface area contributed by atoms with Crippen molar-refractivity contribution in [2.24, 2.45) is 0 Å². The average Bonchev–Trinajstić information content (AvgIpc) is 2.68. The topological polar surface area (TPSA) is 37.4 Å². The van der Waals surface area contributed by atoms with Crippen molar-refractivity contribution in [3.63, 3.8) is 0 Å². The maximum Gasteiger partial charge on any atom is 0.0963 e. The van der Waals surface area contributed by atoms with E-state index in [4.69, 9.17) is 16.3 Å². The second kappa shape index (κ2) is 6.09. The summed E-state index contributed by atoms with van der Waals surface area (Å²) in [4.78, 5) is 8.13.